The van der Waals surface area contributed by atoms with Gasteiger partial charge in [0.15, 0.2) is 5.65 Å². The summed E-state index contributed by atoms with van der Waals surface area (Å²) >= 11 is 0. The lowest BCUT2D eigenvalue weighted by Crippen LogP contribution is -2.41. The standard InChI is InChI=1S/C26H30N6O2/c1-26(2)16-34-13-10-21(26)32-23-19-14-17(6-8-20(19)28-29-24(23)30(3)25(32)33)18-7-9-22(27-15-18)31-11-4-5-12-31/h6-9,14-15,21H,4-5,10-13,16H2,1-3H3/t21-/m1/s1. The lowest BCUT2D eigenvalue weighted by atomic mass is 9.81. The molecule has 1 atom stereocenters. The van der Waals surface area contributed by atoms with Crippen molar-refractivity contribution in [3.63, 3.8) is 0 Å². The Bertz CT molecular complexity index is 1430. The van der Waals surface area contributed by atoms with Gasteiger partial charge < -0.3 is 9.64 Å². The Morgan fingerprint density at radius 2 is 1.85 bits per heavy atom. The molecule has 3 aromatic heterocycles. The van der Waals surface area contributed by atoms with E-state index in [1.807, 2.05) is 16.8 Å². The second-order valence-corrected chi connectivity index (χ2v) is 10.3. The number of hydrogen-bond donors (Lipinski definition) is 0. The topological polar surface area (TPSA) is 78.1 Å². The molecule has 8 nitrogen and oxygen atoms in total. The number of benzene rings is 1. The molecule has 6 rings (SSSR count). The molecule has 8 heteroatoms. The Labute approximate surface area is 198 Å². The Hall–Kier alpha value is -3.26. The maximum absolute atomic E-state index is 13.4. The van der Waals surface area contributed by atoms with Gasteiger partial charge in [0.05, 0.1) is 12.1 Å². The molecule has 0 aliphatic carbocycles. The van der Waals surface area contributed by atoms with Gasteiger partial charge in [-0.1, -0.05) is 19.9 Å². The van der Waals surface area contributed by atoms with Crippen LogP contribution in [0.5, 0.6) is 0 Å². The molecular formula is C26H30N6O2. The number of fused-ring (bicyclic) bond motifs is 3. The molecular weight excluding hydrogens is 428 g/mol. The van der Waals surface area contributed by atoms with Crippen LogP contribution in [0.3, 0.4) is 0 Å². The summed E-state index contributed by atoms with van der Waals surface area (Å²) < 4.78 is 9.30. The fourth-order valence-electron chi connectivity index (χ4n) is 5.55. The highest BCUT2D eigenvalue weighted by Gasteiger charge is 2.37. The summed E-state index contributed by atoms with van der Waals surface area (Å²) in [6.45, 7) is 7.75. The van der Waals surface area contributed by atoms with Crippen molar-refractivity contribution in [3.8, 4) is 11.1 Å². The number of aryl methyl sites for hydroxylation is 1. The first-order valence-corrected chi connectivity index (χ1v) is 12.1. The van der Waals surface area contributed by atoms with Crippen molar-refractivity contribution in [3.05, 3.63) is 47.0 Å². The van der Waals surface area contributed by atoms with Gasteiger partial charge in [0, 0.05) is 55.3 Å². The fourth-order valence-corrected chi connectivity index (χ4v) is 5.55. The molecule has 0 radical (unpaired) electrons. The van der Waals surface area contributed by atoms with Crippen LogP contribution >= 0.6 is 0 Å². The summed E-state index contributed by atoms with van der Waals surface area (Å²) in [5, 5.41) is 9.81. The van der Waals surface area contributed by atoms with Gasteiger partial charge in [-0.05, 0) is 49.1 Å². The van der Waals surface area contributed by atoms with Crippen LogP contribution in [0.4, 0.5) is 5.82 Å². The van der Waals surface area contributed by atoms with Crippen molar-refractivity contribution < 1.29 is 4.74 Å². The van der Waals surface area contributed by atoms with Crippen LogP contribution in [0.25, 0.3) is 33.2 Å². The average Bonchev–Trinajstić information content (AvgIpc) is 3.47. The van der Waals surface area contributed by atoms with Crippen LogP contribution in [-0.4, -0.2) is 50.6 Å². The van der Waals surface area contributed by atoms with Crippen LogP contribution in [0.2, 0.25) is 0 Å². The molecule has 0 N–H and O–H groups in total. The van der Waals surface area contributed by atoms with Crippen molar-refractivity contribution in [2.45, 2.75) is 39.2 Å². The van der Waals surface area contributed by atoms with Gasteiger partial charge in [-0.3, -0.25) is 9.13 Å². The van der Waals surface area contributed by atoms with E-state index in [1.165, 1.54) is 12.8 Å². The minimum atomic E-state index is -0.168. The highest BCUT2D eigenvalue weighted by Crippen LogP contribution is 2.39. The van der Waals surface area contributed by atoms with E-state index in [0.717, 1.165) is 52.9 Å². The first-order chi connectivity index (χ1) is 16.4. The third-order valence-electron chi connectivity index (χ3n) is 7.50. The second kappa shape index (κ2) is 7.91. The van der Waals surface area contributed by atoms with E-state index < -0.39 is 0 Å². The number of imidazole rings is 1. The van der Waals surface area contributed by atoms with E-state index in [0.29, 0.717) is 18.9 Å². The summed E-state index contributed by atoms with van der Waals surface area (Å²) in [6, 6.07) is 10.4. The minimum Gasteiger partial charge on any atom is -0.381 e. The van der Waals surface area contributed by atoms with Crippen LogP contribution in [0, 0.1) is 5.41 Å². The summed E-state index contributed by atoms with van der Waals surface area (Å²) in [5.41, 5.74) is 4.11. The number of hydrogen-bond acceptors (Lipinski definition) is 6. The summed E-state index contributed by atoms with van der Waals surface area (Å²) in [7, 11) is 1.78. The van der Waals surface area contributed by atoms with Crippen LogP contribution in [0.1, 0.15) is 39.2 Å². The third-order valence-corrected chi connectivity index (χ3v) is 7.50. The Balaban J connectivity index is 1.52. The Kier molecular flexibility index (Phi) is 4.95. The van der Waals surface area contributed by atoms with Crippen molar-refractivity contribution >= 4 is 27.9 Å². The largest absolute Gasteiger partial charge is 0.381 e. The molecule has 176 valence electrons. The van der Waals surface area contributed by atoms with Crippen LogP contribution in [0.15, 0.2) is 41.3 Å². The first-order valence-electron chi connectivity index (χ1n) is 12.1. The zero-order chi connectivity index (χ0) is 23.4. The Morgan fingerprint density at radius 1 is 1.06 bits per heavy atom. The molecule has 2 aliphatic rings. The van der Waals surface area contributed by atoms with Gasteiger partial charge in [-0.2, -0.15) is 0 Å². The molecule has 1 aromatic carbocycles. The predicted molar refractivity (Wildman–Crippen MR) is 133 cm³/mol. The quantitative estimate of drug-likeness (QED) is 0.463. The average molecular weight is 459 g/mol. The van der Waals surface area contributed by atoms with Gasteiger partial charge in [-0.15, -0.1) is 10.2 Å². The monoisotopic (exact) mass is 458 g/mol. The van der Waals surface area contributed by atoms with Crippen molar-refractivity contribution in [2.75, 3.05) is 31.2 Å². The second-order valence-electron chi connectivity index (χ2n) is 10.3. The number of aromatic nitrogens is 5. The third kappa shape index (κ3) is 3.31. The van der Waals surface area contributed by atoms with E-state index in [9.17, 15) is 4.79 Å². The molecule has 2 fully saturated rings. The van der Waals surface area contributed by atoms with Crippen LogP contribution < -0.4 is 10.6 Å². The lowest BCUT2D eigenvalue weighted by Gasteiger charge is -2.38. The molecule has 0 amide bonds. The van der Waals surface area contributed by atoms with E-state index in [1.54, 1.807) is 11.6 Å². The van der Waals surface area contributed by atoms with Gasteiger partial charge in [0.25, 0.3) is 0 Å². The zero-order valence-electron chi connectivity index (χ0n) is 20.0. The highest BCUT2D eigenvalue weighted by atomic mass is 16.5. The first kappa shape index (κ1) is 21.3. The van der Waals surface area contributed by atoms with Gasteiger partial charge in [0.2, 0.25) is 0 Å². The number of ether oxygens (including phenoxy) is 1. The number of pyridine rings is 1. The molecule has 0 bridgehead atoms. The highest BCUT2D eigenvalue weighted by molar-refractivity contribution is 6.02. The lowest BCUT2D eigenvalue weighted by molar-refractivity contribution is -0.0253. The number of nitrogens with zero attached hydrogens (tertiary/aromatic N) is 6. The maximum Gasteiger partial charge on any atom is 0.330 e. The molecule has 0 saturated carbocycles. The molecule has 0 spiro atoms. The van der Waals surface area contributed by atoms with Crippen molar-refractivity contribution in [1.82, 2.24) is 24.3 Å². The SMILES string of the molecule is Cn1c(=O)n([C@@H]2CCOCC2(C)C)c2c3cc(-c4ccc(N5CCCC5)nc4)ccc3nnc21. The van der Waals surface area contributed by atoms with E-state index in [2.05, 4.69) is 53.2 Å². The molecule has 4 aromatic rings. The number of rotatable bonds is 3. The van der Waals surface area contributed by atoms with Gasteiger partial charge >= 0.3 is 5.69 Å². The number of anilines is 1. The molecule has 34 heavy (non-hydrogen) atoms. The fraction of sp³-hybridized carbons (Fsp3) is 0.462. The molecule has 2 aliphatic heterocycles. The zero-order valence-corrected chi connectivity index (χ0v) is 20.0. The van der Waals surface area contributed by atoms with E-state index in [-0.39, 0.29) is 17.1 Å². The van der Waals surface area contributed by atoms with Gasteiger partial charge in [-0.25, -0.2) is 9.78 Å². The van der Waals surface area contributed by atoms with Crippen LogP contribution in [-0.2, 0) is 11.8 Å². The maximum atomic E-state index is 13.4. The predicted octanol–water partition coefficient (Wildman–Crippen LogP) is 3.93. The summed E-state index contributed by atoms with van der Waals surface area (Å²) in [4.78, 5) is 20.5. The smallest absolute Gasteiger partial charge is 0.330 e. The Morgan fingerprint density at radius 3 is 2.59 bits per heavy atom. The molecule has 2 saturated heterocycles. The summed E-state index contributed by atoms with van der Waals surface area (Å²) in [6.07, 6.45) is 5.19. The van der Waals surface area contributed by atoms with E-state index in [4.69, 9.17) is 9.72 Å². The summed E-state index contributed by atoms with van der Waals surface area (Å²) in [5.74, 6) is 1.04. The normalized spacial score (nSPS) is 20.4. The van der Waals surface area contributed by atoms with Crippen molar-refractivity contribution in [1.29, 1.82) is 0 Å². The molecule has 0 unspecified atom stereocenters. The minimum absolute atomic E-state index is 0.0231. The van der Waals surface area contributed by atoms with Crippen molar-refractivity contribution in [2.24, 2.45) is 12.5 Å². The van der Waals surface area contributed by atoms with E-state index >= 15 is 0 Å². The molecule has 5 heterocycles. The van der Waals surface area contributed by atoms with Gasteiger partial charge in [0.1, 0.15) is 11.3 Å².